The number of hydrogen-bond donors (Lipinski definition) is 2. The highest BCUT2D eigenvalue weighted by Crippen LogP contribution is 2.22. The first-order valence-electron chi connectivity index (χ1n) is 9.38. The van der Waals surface area contributed by atoms with Crippen LogP contribution in [0.2, 0.25) is 0 Å². The van der Waals surface area contributed by atoms with Gasteiger partial charge in [0.05, 0.1) is 6.42 Å². The van der Waals surface area contributed by atoms with Crippen molar-refractivity contribution in [2.45, 2.75) is 57.9 Å². The molecule has 0 unspecified atom stereocenters. The van der Waals surface area contributed by atoms with Gasteiger partial charge in [0, 0.05) is 30.4 Å². The Morgan fingerprint density at radius 3 is 2.52 bits per heavy atom. The van der Waals surface area contributed by atoms with Gasteiger partial charge in [0.15, 0.2) is 0 Å². The largest absolute Gasteiger partial charge is 0.339 e. The normalized spacial score (nSPS) is 21.6. The molecule has 0 radical (unpaired) electrons. The van der Waals surface area contributed by atoms with Crippen molar-refractivity contribution in [2.75, 3.05) is 26.2 Å². The van der Waals surface area contributed by atoms with Crippen LogP contribution in [0.1, 0.15) is 49.8 Å². The SMILES string of the molecule is Cc1[nH]c(=O)[nH]c(=O)c1CC(=O)N1CCCC[C@H]1CCN1CCCC1. The molecular weight excluding hydrogens is 320 g/mol. The lowest BCUT2D eigenvalue weighted by molar-refractivity contribution is -0.134. The summed E-state index contributed by atoms with van der Waals surface area (Å²) in [7, 11) is 0. The molecule has 25 heavy (non-hydrogen) atoms. The average molecular weight is 348 g/mol. The van der Waals surface area contributed by atoms with Gasteiger partial charge in [-0.15, -0.1) is 0 Å². The van der Waals surface area contributed by atoms with Gasteiger partial charge in [-0.3, -0.25) is 14.6 Å². The predicted octanol–water partition coefficient (Wildman–Crippen LogP) is 0.781. The Kier molecular flexibility index (Phi) is 5.73. The molecule has 0 aromatic carbocycles. The summed E-state index contributed by atoms with van der Waals surface area (Å²) in [5.74, 6) is -0.00762. The van der Waals surface area contributed by atoms with Crippen LogP contribution in [0.4, 0.5) is 0 Å². The van der Waals surface area contributed by atoms with E-state index in [4.69, 9.17) is 0 Å². The zero-order chi connectivity index (χ0) is 17.8. The average Bonchev–Trinajstić information content (AvgIpc) is 3.10. The monoisotopic (exact) mass is 348 g/mol. The van der Waals surface area contributed by atoms with Gasteiger partial charge in [-0.1, -0.05) is 0 Å². The van der Waals surface area contributed by atoms with Gasteiger partial charge in [0.1, 0.15) is 0 Å². The lowest BCUT2D eigenvalue weighted by atomic mass is 9.98. The van der Waals surface area contributed by atoms with Crippen molar-refractivity contribution in [1.29, 1.82) is 0 Å². The molecule has 2 aliphatic heterocycles. The number of aromatic amines is 2. The van der Waals surface area contributed by atoms with E-state index in [-0.39, 0.29) is 18.4 Å². The summed E-state index contributed by atoms with van der Waals surface area (Å²) in [6.07, 6.45) is 6.84. The predicted molar refractivity (Wildman–Crippen MR) is 95.8 cm³/mol. The molecule has 0 aliphatic carbocycles. The van der Waals surface area contributed by atoms with Crippen molar-refractivity contribution in [3.05, 3.63) is 32.1 Å². The molecule has 1 aromatic rings. The van der Waals surface area contributed by atoms with Crippen LogP contribution in [-0.4, -0.2) is 57.9 Å². The van der Waals surface area contributed by atoms with Crippen molar-refractivity contribution in [2.24, 2.45) is 0 Å². The van der Waals surface area contributed by atoms with Crippen LogP contribution in [0.5, 0.6) is 0 Å². The first kappa shape index (κ1) is 17.9. The molecule has 2 saturated heterocycles. The van der Waals surface area contributed by atoms with Crippen LogP contribution >= 0.6 is 0 Å². The summed E-state index contributed by atoms with van der Waals surface area (Å²) >= 11 is 0. The molecule has 7 heteroatoms. The molecule has 2 N–H and O–H groups in total. The maximum atomic E-state index is 12.8. The number of aryl methyl sites for hydroxylation is 1. The lowest BCUT2D eigenvalue weighted by Gasteiger charge is -2.36. The molecule has 0 saturated carbocycles. The number of amides is 1. The third-order valence-electron chi connectivity index (χ3n) is 5.51. The quantitative estimate of drug-likeness (QED) is 0.823. The van der Waals surface area contributed by atoms with Crippen molar-refractivity contribution in [3.8, 4) is 0 Å². The number of hydrogen-bond acceptors (Lipinski definition) is 4. The molecule has 3 heterocycles. The van der Waals surface area contributed by atoms with E-state index >= 15 is 0 Å². The standard InChI is InChI=1S/C18H28N4O3/c1-13-15(17(24)20-18(25)19-13)12-16(23)22-10-3-2-6-14(22)7-11-21-8-4-5-9-21/h14H,2-12H2,1H3,(H2,19,20,24,25)/t14-/m0/s1. The van der Waals surface area contributed by atoms with Crippen LogP contribution in [0.15, 0.2) is 9.59 Å². The Morgan fingerprint density at radius 1 is 1.08 bits per heavy atom. The van der Waals surface area contributed by atoms with E-state index in [0.29, 0.717) is 11.3 Å². The van der Waals surface area contributed by atoms with Crippen LogP contribution < -0.4 is 11.2 Å². The van der Waals surface area contributed by atoms with E-state index in [0.717, 1.165) is 38.8 Å². The van der Waals surface area contributed by atoms with Crippen LogP contribution in [0.3, 0.4) is 0 Å². The molecule has 1 amide bonds. The first-order valence-corrected chi connectivity index (χ1v) is 9.38. The van der Waals surface area contributed by atoms with E-state index in [2.05, 4.69) is 14.9 Å². The maximum absolute atomic E-state index is 12.8. The van der Waals surface area contributed by atoms with Crippen molar-refractivity contribution in [1.82, 2.24) is 19.8 Å². The number of likely N-dealkylation sites (tertiary alicyclic amines) is 2. The first-order chi connectivity index (χ1) is 12.0. The molecule has 138 valence electrons. The van der Waals surface area contributed by atoms with Gasteiger partial charge in [-0.25, -0.2) is 4.79 Å². The minimum Gasteiger partial charge on any atom is -0.339 e. The molecular formula is C18H28N4O3. The minimum atomic E-state index is -0.528. The molecule has 2 aliphatic rings. The molecule has 3 rings (SSSR count). The number of rotatable bonds is 5. The Hall–Kier alpha value is -1.89. The Balaban J connectivity index is 1.66. The second-order valence-electron chi connectivity index (χ2n) is 7.26. The van der Waals surface area contributed by atoms with E-state index in [1.807, 2.05) is 4.90 Å². The Bertz CT molecular complexity index is 718. The zero-order valence-corrected chi connectivity index (χ0v) is 15.0. The summed E-state index contributed by atoms with van der Waals surface area (Å²) in [6, 6.07) is 0.268. The van der Waals surface area contributed by atoms with E-state index in [1.165, 1.54) is 25.9 Å². The van der Waals surface area contributed by atoms with Gasteiger partial charge in [0.2, 0.25) is 5.91 Å². The van der Waals surface area contributed by atoms with Crippen LogP contribution in [0, 0.1) is 6.92 Å². The highest BCUT2D eigenvalue weighted by atomic mass is 16.2. The number of piperidine rings is 1. The summed E-state index contributed by atoms with van der Waals surface area (Å²) in [6.45, 7) is 5.83. The summed E-state index contributed by atoms with van der Waals surface area (Å²) < 4.78 is 0. The topological polar surface area (TPSA) is 89.3 Å². The summed E-state index contributed by atoms with van der Waals surface area (Å²) in [5, 5.41) is 0. The summed E-state index contributed by atoms with van der Waals surface area (Å²) in [4.78, 5) is 45.4. The fourth-order valence-electron chi connectivity index (χ4n) is 4.06. The number of nitrogens with one attached hydrogen (secondary N) is 2. The maximum Gasteiger partial charge on any atom is 0.325 e. The lowest BCUT2D eigenvalue weighted by Crippen LogP contribution is -2.46. The third-order valence-corrected chi connectivity index (χ3v) is 5.51. The van der Waals surface area contributed by atoms with Gasteiger partial charge in [-0.2, -0.15) is 0 Å². The molecule has 0 spiro atoms. The minimum absolute atomic E-state index is 0.00762. The fraction of sp³-hybridized carbons (Fsp3) is 0.722. The number of carbonyl (C=O) groups is 1. The number of H-pyrrole nitrogens is 2. The van der Waals surface area contributed by atoms with E-state index in [9.17, 15) is 14.4 Å². The number of aromatic nitrogens is 2. The zero-order valence-electron chi connectivity index (χ0n) is 15.0. The molecule has 1 atom stereocenters. The van der Waals surface area contributed by atoms with Gasteiger partial charge >= 0.3 is 5.69 Å². The fourth-order valence-corrected chi connectivity index (χ4v) is 4.06. The van der Waals surface area contributed by atoms with Gasteiger partial charge in [-0.05, 0) is 58.5 Å². The van der Waals surface area contributed by atoms with Gasteiger partial charge < -0.3 is 14.8 Å². The number of carbonyl (C=O) groups excluding carboxylic acids is 1. The van der Waals surface area contributed by atoms with Crippen LogP contribution in [0.25, 0.3) is 0 Å². The van der Waals surface area contributed by atoms with E-state index < -0.39 is 11.2 Å². The van der Waals surface area contributed by atoms with Crippen molar-refractivity contribution >= 4 is 5.91 Å². The Morgan fingerprint density at radius 2 is 1.80 bits per heavy atom. The molecule has 0 bridgehead atoms. The smallest absolute Gasteiger partial charge is 0.325 e. The molecule has 7 nitrogen and oxygen atoms in total. The highest BCUT2D eigenvalue weighted by molar-refractivity contribution is 5.79. The highest BCUT2D eigenvalue weighted by Gasteiger charge is 2.28. The van der Waals surface area contributed by atoms with Crippen LogP contribution in [-0.2, 0) is 11.2 Å². The Labute approximate surface area is 147 Å². The second kappa shape index (κ2) is 7.99. The van der Waals surface area contributed by atoms with Gasteiger partial charge in [0.25, 0.3) is 5.56 Å². The summed E-state index contributed by atoms with van der Waals surface area (Å²) in [5.41, 5.74) is -0.137. The molecule has 2 fully saturated rings. The second-order valence-corrected chi connectivity index (χ2v) is 7.26. The molecule has 1 aromatic heterocycles. The van der Waals surface area contributed by atoms with Crippen molar-refractivity contribution in [3.63, 3.8) is 0 Å². The third kappa shape index (κ3) is 4.39. The number of nitrogens with zero attached hydrogens (tertiary/aromatic N) is 2. The van der Waals surface area contributed by atoms with Crippen molar-refractivity contribution < 1.29 is 4.79 Å². The van der Waals surface area contributed by atoms with E-state index in [1.54, 1.807) is 6.92 Å².